The number of nitrogens with zero attached hydrogens (tertiary/aromatic N) is 2. The lowest BCUT2D eigenvalue weighted by atomic mass is 10.0. The van der Waals surface area contributed by atoms with Crippen molar-refractivity contribution in [2.45, 2.75) is 6.17 Å². The van der Waals surface area contributed by atoms with Crippen LogP contribution < -0.4 is 10.2 Å². The van der Waals surface area contributed by atoms with E-state index in [0.717, 1.165) is 4.47 Å². The van der Waals surface area contributed by atoms with Gasteiger partial charge in [-0.25, -0.2) is 0 Å². The Morgan fingerprint density at radius 1 is 0.963 bits per heavy atom. The molecule has 1 aliphatic heterocycles. The fourth-order valence-corrected chi connectivity index (χ4v) is 3.49. The van der Waals surface area contributed by atoms with E-state index in [4.69, 9.17) is 0 Å². The van der Waals surface area contributed by atoms with Crippen LogP contribution in [0.3, 0.4) is 0 Å². The molecule has 1 N–H and O–H groups in total. The highest BCUT2D eigenvalue weighted by Crippen LogP contribution is 2.39. The predicted molar refractivity (Wildman–Crippen MR) is 107 cm³/mol. The molecule has 3 aromatic rings. The molecule has 0 spiro atoms. The Balaban J connectivity index is 1.91. The number of fused-ring (bicyclic) bond motifs is 1. The van der Waals surface area contributed by atoms with Crippen molar-refractivity contribution in [1.29, 1.82) is 0 Å². The minimum Gasteiger partial charge on any atom is -0.360 e. The van der Waals surface area contributed by atoms with Gasteiger partial charge in [0.2, 0.25) is 0 Å². The maximum Gasteiger partial charge on any atom is 0.276 e. The molecule has 1 aliphatic rings. The standard InChI is InChI=1S/C20H14BrN3O3/c21-13-9-11-14(12-10-13)23-19(16-6-2-4-8-18(16)24(26)27)22-17-7-3-1-5-15(17)20(23)25/h1-12,19,22H. The molecule has 0 aliphatic carbocycles. The predicted octanol–water partition coefficient (Wildman–Crippen LogP) is 5.13. The van der Waals surface area contributed by atoms with Crippen LogP contribution in [-0.2, 0) is 0 Å². The molecule has 0 fully saturated rings. The van der Waals surface area contributed by atoms with Crippen molar-refractivity contribution >= 4 is 38.9 Å². The van der Waals surface area contributed by atoms with Crippen LogP contribution in [-0.4, -0.2) is 10.8 Å². The van der Waals surface area contributed by atoms with Crippen molar-refractivity contribution in [3.8, 4) is 0 Å². The Labute approximate surface area is 163 Å². The van der Waals surface area contributed by atoms with E-state index in [1.165, 1.54) is 6.07 Å². The molecule has 27 heavy (non-hydrogen) atoms. The molecule has 0 saturated heterocycles. The SMILES string of the molecule is O=C1c2ccccc2NC(c2ccccc2[N+](=O)[O-])N1c1ccc(Br)cc1. The van der Waals surface area contributed by atoms with Gasteiger partial charge in [-0.15, -0.1) is 0 Å². The summed E-state index contributed by atoms with van der Waals surface area (Å²) in [6.45, 7) is 0. The van der Waals surface area contributed by atoms with Crippen LogP contribution >= 0.6 is 15.9 Å². The van der Waals surface area contributed by atoms with Gasteiger partial charge in [-0.05, 0) is 42.5 Å². The van der Waals surface area contributed by atoms with Crippen LogP contribution in [0.2, 0.25) is 0 Å². The molecule has 6 nitrogen and oxygen atoms in total. The molecule has 1 atom stereocenters. The number of halogens is 1. The van der Waals surface area contributed by atoms with E-state index >= 15 is 0 Å². The zero-order chi connectivity index (χ0) is 19.0. The fraction of sp³-hybridized carbons (Fsp3) is 0.0500. The number of rotatable bonds is 3. The van der Waals surface area contributed by atoms with Crippen molar-refractivity contribution in [1.82, 2.24) is 0 Å². The molecule has 134 valence electrons. The topological polar surface area (TPSA) is 75.5 Å². The van der Waals surface area contributed by atoms with Crippen LogP contribution in [0.25, 0.3) is 0 Å². The van der Waals surface area contributed by atoms with Crippen LogP contribution in [0, 0.1) is 10.1 Å². The van der Waals surface area contributed by atoms with Gasteiger partial charge in [0.15, 0.2) is 0 Å². The summed E-state index contributed by atoms with van der Waals surface area (Å²) in [7, 11) is 0. The number of hydrogen-bond donors (Lipinski definition) is 1. The van der Waals surface area contributed by atoms with Crippen LogP contribution in [0.5, 0.6) is 0 Å². The van der Waals surface area contributed by atoms with E-state index in [2.05, 4.69) is 21.2 Å². The van der Waals surface area contributed by atoms with Gasteiger partial charge in [-0.2, -0.15) is 0 Å². The Bertz CT molecular complexity index is 1040. The highest BCUT2D eigenvalue weighted by atomic mass is 79.9. The largest absolute Gasteiger partial charge is 0.360 e. The Kier molecular flexibility index (Phi) is 4.37. The molecule has 4 rings (SSSR count). The van der Waals surface area contributed by atoms with Gasteiger partial charge in [0.25, 0.3) is 11.6 Å². The molecule has 0 aromatic heterocycles. The second kappa shape index (κ2) is 6.85. The van der Waals surface area contributed by atoms with Gasteiger partial charge >= 0.3 is 0 Å². The lowest BCUT2D eigenvalue weighted by molar-refractivity contribution is -0.385. The first kappa shape index (κ1) is 17.2. The number of nitro benzene ring substituents is 1. The highest BCUT2D eigenvalue weighted by Gasteiger charge is 2.36. The van der Waals surface area contributed by atoms with Crippen molar-refractivity contribution in [3.05, 3.63) is 98.5 Å². The van der Waals surface area contributed by atoms with Gasteiger partial charge in [0, 0.05) is 21.9 Å². The summed E-state index contributed by atoms with van der Waals surface area (Å²) in [5.74, 6) is -0.213. The average molecular weight is 424 g/mol. The number of para-hydroxylation sites is 2. The third-order valence-corrected chi connectivity index (χ3v) is 4.99. The molecule has 0 bridgehead atoms. The molecule has 3 aromatic carbocycles. The van der Waals surface area contributed by atoms with Crippen molar-refractivity contribution in [2.24, 2.45) is 0 Å². The van der Waals surface area contributed by atoms with E-state index in [1.54, 1.807) is 53.4 Å². The zero-order valence-electron chi connectivity index (χ0n) is 14.0. The van der Waals surface area contributed by atoms with Crippen molar-refractivity contribution in [2.75, 3.05) is 10.2 Å². The zero-order valence-corrected chi connectivity index (χ0v) is 15.6. The molecule has 7 heteroatoms. The first-order valence-corrected chi connectivity index (χ1v) is 9.03. The number of nitro groups is 1. The molecular weight excluding hydrogens is 410 g/mol. The molecule has 0 saturated carbocycles. The second-order valence-corrected chi connectivity index (χ2v) is 6.98. The van der Waals surface area contributed by atoms with E-state index < -0.39 is 11.1 Å². The number of anilines is 2. The van der Waals surface area contributed by atoms with Gasteiger partial charge in [0.05, 0.1) is 16.1 Å². The quantitative estimate of drug-likeness (QED) is 0.467. The molecule has 1 heterocycles. The Morgan fingerprint density at radius 3 is 2.37 bits per heavy atom. The third kappa shape index (κ3) is 3.06. The van der Waals surface area contributed by atoms with Gasteiger partial charge < -0.3 is 5.32 Å². The van der Waals surface area contributed by atoms with Crippen molar-refractivity contribution in [3.63, 3.8) is 0 Å². The number of amides is 1. The van der Waals surface area contributed by atoms with Gasteiger partial charge in [-0.1, -0.05) is 40.2 Å². The fourth-order valence-electron chi connectivity index (χ4n) is 3.22. The minimum absolute atomic E-state index is 0.0377. The maximum atomic E-state index is 13.3. The number of carbonyl (C=O) groups is 1. The lowest BCUT2D eigenvalue weighted by Crippen LogP contribution is -2.43. The van der Waals surface area contributed by atoms with E-state index in [1.807, 2.05) is 18.2 Å². The summed E-state index contributed by atoms with van der Waals surface area (Å²) in [6, 6.07) is 20.9. The van der Waals surface area contributed by atoms with Crippen LogP contribution in [0.15, 0.2) is 77.3 Å². The second-order valence-electron chi connectivity index (χ2n) is 6.06. The van der Waals surface area contributed by atoms with E-state index in [-0.39, 0.29) is 11.6 Å². The summed E-state index contributed by atoms with van der Waals surface area (Å²) in [5, 5.41) is 14.8. The monoisotopic (exact) mass is 423 g/mol. The average Bonchev–Trinajstić information content (AvgIpc) is 2.69. The van der Waals surface area contributed by atoms with E-state index in [0.29, 0.717) is 22.5 Å². The summed E-state index contributed by atoms with van der Waals surface area (Å²) in [6.07, 6.45) is -0.699. The molecular formula is C20H14BrN3O3. The maximum absolute atomic E-state index is 13.3. The van der Waals surface area contributed by atoms with Gasteiger partial charge in [0.1, 0.15) is 6.17 Å². The smallest absolute Gasteiger partial charge is 0.276 e. The normalized spacial score (nSPS) is 15.8. The van der Waals surface area contributed by atoms with Crippen LogP contribution in [0.4, 0.5) is 17.1 Å². The summed E-state index contributed by atoms with van der Waals surface area (Å²) in [4.78, 5) is 25.9. The third-order valence-electron chi connectivity index (χ3n) is 4.46. The van der Waals surface area contributed by atoms with Crippen molar-refractivity contribution < 1.29 is 9.72 Å². The number of benzene rings is 3. The Morgan fingerprint density at radius 2 is 1.63 bits per heavy atom. The number of hydrogen-bond acceptors (Lipinski definition) is 4. The first-order chi connectivity index (χ1) is 13.1. The first-order valence-electron chi connectivity index (χ1n) is 8.24. The minimum atomic E-state index is -0.699. The summed E-state index contributed by atoms with van der Waals surface area (Å²) >= 11 is 3.39. The highest BCUT2D eigenvalue weighted by molar-refractivity contribution is 9.10. The summed E-state index contributed by atoms with van der Waals surface area (Å²) < 4.78 is 0.881. The molecule has 0 radical (unpaired) electrons. The lowest BCUT2D eigenvalue weighted by Gasteiger charge is -2.37. The number of carbonyl (C=O) groups excluding carboxylic acids is 1. The molecule has 1 amide bonds. The molecule has 1 unspecified atom stereocenters. The summed E-state index contributed by atoms with van der Waals surface area (Å²) in [5.41, 5.74) is 2.21. The van der Waals surface area contributed by atoms with Gasteiger partial charge in [-0.3, -0.25) is 19.8 Å². The van der Waals surface area contributed by atoms with Crippen LogP contribution in [0.1, 0.15) is 22.1 Å². The van der Waals surface area contributed by atoms with E-state index in [9.17, 15) is 14.9 Å². The Hall–Kier alpha value is -3.19. The number of nitrogens with one attached hydrogen (secondary N) is 1.